The number of aliphatic hydroxyl groups is 1. The molecule has 0 bridgehead atoms. The van der Waals surface area contributed by atoms with Crippen molar-refractivity contribution in [2.75, 3.05) is 26.3 Å². The van der Waals surface area contributed by atoms with E-state index in [0.717, 1.165) is 5.56 Å². The molecule has 1 aromatic rings. The Kier molecular flexibility index (Phi) is 4.16. The third kappa shape index (κ3) is 2.98. The Morgan fingerprint density at radius 2 is 2.39 bits per heavy atom. The van der Waals surface area contributed by atoms with Crippen molar-refractivity contribution in [1.82, 2.24) is 9.47 Å². The van der Waals surface area contributed by atoms with Crippen molar-refractivity contribution in [1.29, 1.82) is 0 Å². The fourth-order valence-corrected chi connectivity index (χ4v) is 2.15. The summed E-state index contributed by atoms with van der Waals surface area (Å²) in [7, 11) is 1.90. The average Bonchev–Trinajstić information content (AvgIpc) is 2.79. The van der Waals surface area contributed by atoms with E-state index in [1.165, 1.54) is 0 Å². The fourth-order valence-electron chi connectivity index (χ4n) is 2.15. The lowest BCUT2D eigenvalue weighted by Gasteiger charge is -2.36. The van der Waals surface area contributed by atoms with Gasteiger partial charge in [0.25, 0.3) is 0 Å². The van der Waals surface area contributed by atoms with Crippen LogP contribution < -0.4 is 0 Å². The molecule has 1 N–H and O–H groups in total. The smallest absolute Gasteiger partial charge is 0.178 e. The van der Waals surface area contributed by atoms with Gasteiger partial charge >= 0.3 is 0 Å². The van der Waals surface area contributed by atoms with Crippen LogP contribution in [0.4, 0.5) is 0 Å². The predicted octanol–water partition coefficient (Wildman–Crippen LogP) is 0.289. The molecule has 2 heterocycles. The molecule has 1 fully saturated rings. The second kappa shape index (κ2) is 5.65. The molecule has 0 radical (unpaired) electrons. The van der Waals surface area contributed by atoms with Gasteiger partial charge in [0.1, 0.15) is 0 Å². The van der Waals surface area contributed by atoms with Crippen molar-refractivity contribution in [2.45, 2.75) is 19.1 Å². The normalized spacial score (nSPS) is 25.3. The highest BCUT2D eigenvalue weighted by molar-refractivity contribution is 5.97. The first-order valence-corrected chi connectivity index (χ1v) is 6.22. The van der Waals surface area contributed by atoms with Crippen LogP contribution in [0, 0.1) is 0 Å². The van der Waals surface area contributed by atoms with Gasteiger partial charge in [-0.25, -0.2) is 0 Å². The first-order chi connectivity index (χ1) is 8.60. The molecule has 0 spiro atoms. The van der Waals surface area contributed by atoms with Crippen LogP contribution in [0.1, 0.15) is 17.3 Å². The number of Topliss-reactive ketones (excluding diaryl/α,β-unsaturated/α-hetero) is 1. The minimum Gasteiger partial charge on any atom is -0.394 e. The van der Waals surface area contributed by atoms with E-state index in [2.05, 4.69) is 4.90 Å². The number of morpholine rings is 1. The van der Waals surface area contributed by atoms with Crippen LogP contribution in [0.2, 0.25) is 0 Å². The number of rotatable bonds is 4. The molecule has 0 saturated carbocycles. The number of hydrogen-bond donors (Lipinski definition) is 1. The molecule has 5 nitrogen and oxygen atoms in total. The second-order valence-electron chi connectivity index (χ2n) is 4.91. The molecule has 0 aromatic carbocycles. The summed E-state index contributed by atoms with van der Waals surface area (Å²) in [6.07, 6.45) is 3.52. The molecule has 2 unspecified atom stereocenters. The summed E-state index contributed by atoms with van der Waals surface area (Å²) < 4.78 is 7.32. The molecular formula is C13H20N2O3. The maximum Gasteiger partial charge on any atom is 0.178 e. The van der Waals surface area contributed by atoms with Gasteiger partial charge in [0, 0.05) is 37.6 Å². The zero-order valence-corrected chi connectivity index (χ0v) is 10.9. The summed E-state index contributed by atoms with van der Waals surface area (Å²) in [5.74, 6) is 0.112. The third-order valence-corrected chi connectivity index (χ3v) is 3.34. The fraction of sp³-hybridized carbons (Fsp3) is 0.615. The van der Waals surface area contributed by atoms with Crippen LogP contribution >= 0.6 is 0 Å². The van der Waals surface area contributed by atoms with Crippen LogP contribution in [0.5, 0.6) is 0 Å². The largest absolute Gasteiger partial charge is 0.394 e. The molecule has 1 aliphatic rings. The van der Waals surface area contributed by atoms with Crippen molar-refractivity contribution in [3.05, 3.63) is 24.0 Å². The van der Waals surface area contributed by atoms with Gasteiger partial charge in [0.15, 0.2) is 5.78 Å². The number of carbonyl (C=O) groups excluding carboxylic acids is 1. The van der Waals surface area contributed by atoms with Gasteiger partial charge in [0.2, 0.25) is 0 Å². The Bertz CT molecular complexity index is 416. The zero-order chi connectivity index (χ0) is 13.1. The SMILES string of the molecule is CC1COC(CO)CN1CC(=O)c1ccn(C)c1. The molecule has 1 aliphatic heterocycles. The number of ketones is 1. The van der Waals surface area contributed by atoms with E-state index in [9.17, 15) is 4.79 Å². The summed E-state index contributed by atoms with van der Waals surface area (Å²) in [5.41, 5.74) is 0.733. The van der Waals surface area contributed by atoms with Crippen LogP contribution in [-0.4, -0.2) is 58.8 Å². The Morgan fingerprint density at radius 1 is 1.61 bits per heavy atom. The molecule has 2 rings (SSSR count). The van der Waals surface area contributed by atoms with E-state index in [1.54, 1.807) is 0 Å². The average molecular weight is 252 g/mol. The maximum atomic E-state index is 12.1. The molecule has 100 valence electrons. The lowest BCUT2D eigenvalue weighted by Crippen LogP contribution is -2.51. The Hall–Kier alpha value is -1.17. The molecular weight excluding hydrogens is 232 g/mol. The van der Waals surface area contributed by atoms with Gasteiger partial charge in [-0.15, -0.1) is 0 Å². The number of aliphatic hydroxyl groups excluding tert-OH is 1. The van der Waals surface area contributed by atoms with E-state index in [4.69, 9.17) is 9.84 Å². The van der Waals surface area contributed by atoms with Gasteiger partial charge in [0.05, 0.1) is 25.9 Å². The highest BCUT2D eigenvalue weighted by atomic mass is 16.5. The van der Waals surface area contributed by atoms with E-state index >= 15 is 0 Å². The second-order valence-corrected chi connectivity index (χ2v) is 4.91. The molecule has 0 amide bonds. The molecule has 18 heavy (non-hydrogen) atoms. The van der Waals surface area contributed by atoms with E-state index in [1.807, 2.05) is 37.0 Å². The quantitative estimate of drug-likeness (QED) is 0.783. The van der Waals surface area contributed by atoms with Crippen molar-refractivity contribution >= 4 is 5.78 Å². The molecule has 5 heteroatoms. The predicted molar refractivity (Wildman–Crippen MR) is 67.6 cm³/mol. The first-order valence-electron chi connectivity index (χ1n) is 6.22. The molecule has 2 atom stereocenters. The highest BCUT2D eigenvalue weighted by Gasteiger charge is 2.27. The van der Waals surface area contributed by atoms with Gasteiger partial charge < -0.3 is 14.4 Å². The minimum atomic E-state index is -0.176. The summed E-state index contributed by atoms with van der Waals surface area (Å²) in [4.78, 5) is 14.2. The van der Waals surface area contributed by atoms with Crippen molar-refractivity contribution in [2.24, 2.45) is 7.05 Å². The lowest BCUT2D eigenvalue weighted by molar-refractivity contribution is -0.0747. The lowest BCUT2D eigenvalue weighted by atomic mass is 10.1. The van der Waals surface area contributed by atoms with Crippen molar-refractivity contribution in [3.8, 4) is 0 Å². The number of aryl methyl sites for hydroxylation is 1. The van der Waals surface area contributed by atoms with Gasteiger partial charge in [-0.1, -0.05) is 0 Å². The molecule has 0 aliphatic carbocycles. The van der Waals surface area contributed by atoms with E-state index in [0.29, 0.717) is 19.7 Å². The van der Waals surface area contributed by atoms with Crippen LogP contribution in [0.3, 0.4) is 0 Å². The monoisotopic (exact) mass is 252 g/mol. The summed E-state index contributed by atoms with van der Waals surface area (Å²) >= 11 is 0. The Morgan fingerprint density at radius 3 is 3.00 bits per heavy atom. The number of carbonyl (C=O) groups is 1. The van der Waals surface area contributed by atoms with Crippen molar-refractivity contribution in [3.63, 3.8) is 0 Å². The summed E-state index contributed by atoms with van der Waals surface area (Å²) in [6.45, 7) is 3.59. The topological polar surface area (TPSA) is 54.7 Å². The Labute approximate surface area is 107 Å². The minimum absolute atomic E-state index is 0.00273. The first kappa shape index (κ1) is 13.3. The number of hydrogen-bond acceptors (Lipinski definition) is 4. The van der Waals surface area contributed by atoms with Crippen molar-refractivity contribution < 1.29 is 14.6 Å². The standard InChI is InChI=1S/C13H20N2O3/c1-10-9-18-12(8-16)6-15(10)7-13(17)11-3-4-14(2)5-11/h3-5,10,12,16H,6-9H2,1-2H3. The maximum absolute atomic E-state index is 12.1. The van der Waals surface area contributed by atoms with Gasteiger partial charge in [-0.3, -0.25) is 9.69 Å². The highest BCUT2D eigenvalue weighted by Crippen LogP contribution is 2.12. The molecule has 1 saturated heterocycles. The Balaban J connectivity index is 1.97. The molecule has 1 aromatic heterocycles. The third-order valence-electron chi connectivity index (χ3n) is 3.34. The number of aromatic nitrogens is 1. The number of ether oxygens (including phenoxy) is 1. The number of nitrogens with zero attached hydrogens (tertiary/aromatic N) is 2. The van der Waals surface area contributed by atoms with Gasteiger partial charge in [-0.2, -0.15) is 0 Å². The summed E-state index contributed by atoms with van der Waals surface area (Å²) in [5, 5.41) is 9.11. The van der Waals surface area contributed by atoms with Crippen LogP contribution in [0.15, 0.2) is 18.5 Å². The van der Waals surface area contributed by atoms with E-state index in [-0.39, 0.29) is 24.5 Å². The summed E-state index contributed by atoms with van der Waals surface area (Å²) in [6, 6.07) is 2.04. The van der Waals surface area contributed by atoms with E-state index < -0.39 is 0 Å². The van der Waals surface area contributed by atoms with Crippen LogP contribution in [0.25, 0.3) is 0 Å². The zero-order valence-electron chi connectivity index (χ0n) is 10.9. The van der Waals surface area contributed by atoms with Gasteiger partial charge in [-0.05, 0) is 13.0 Å². The van der Waals surface area contributed by atoms with Crippen LogP contribution in [-0.2, 0) is 11.8 Å².